The number of hydrogen-bond acceptors (Lipinski definition) is 4. The fourth-order valence-electron chi connectivity index (χ4n) is 1.01. The minimum Gasteiger partial charge on any atom is -0.384 e. The summed E-state index contributed by atoms with van der Waals surface area (Å²) in [6.45, 7) is 0.761. The standard InChI is InChI=1S/C8H18N2O4S/c1-10(8(11)4-6-14-2)5-3-7-15(9,12)13/h3-7H2,1-2H3,(H2,9,12,13). The lowest BCUT2D eigenvalue weighted by atomic mass is 10.3. The van der Waals surface area contributed by atoms with Crippen LogP contribution < -0.4 is 5.14 Å². The minimum absolute atomic E-state index is 0.0636. The molecule has 1 amide bonds. The number of rotatable bonds is 7. The van der Waals surface area contributed by atoms with Gasteiger partial charge in [0.2, 0.25) is 15.9 Å². The number of primary sulfonamides is 1. The second-order valence-corrected chi connectivity index (χ2v) is 5.01. The molecule has 0 saturated carbocycles. The summed E-state index contributed by atoms with van der Waals surface area (Å²) in [5.74, 6) is -0.166. The number of amides is 1. The van der Waals surface area contributed by atoms with Crippen LogP contribution in [0.2, 0.25) is 0 Å². The lowest BCUT2D eigenvalue weighted by molar-refractivity contribution is -0.130. The van der Waals surface area contributed by atoms with Crippen molar-refractivity contribution in [1.82, 2.24) is 4.90 Å². The predicted octanol–water partition coefficient (Wildman–Crippen LogP) is -0.840. The Labute approximate surface area is 90.4 Å². The zero-order valence-electron chi connectivity index (χ0n) is 9.10. The summed E-state index contributed by atoms with van der Waals surface area (Å²) in [4.78, 5) is 12.8. The molecule has 0 atom stereocenters. The Hall–Kier alpha value is -0.660. The molecule has 0 aromatic carbocycles. The highest BCUT2D eigenvalue weighted by Crippen LogP contribution is 1.95. The number of hydrogen-bond donors (Lipinski definition) is 1. The van der Waals surface area contributed by atoms with Gasteiger partial charge >= 0.3 is 0 Å². The van der Waals surface area contributed by atoms with Crippen LogP contribution in [-0.4, -0.2) is 52.3 Å². The van der Waals surface area contributed by atoms with Gasteiger partial charge in [-0.2, -0.15) is 0 Å². The maximum atomic E-state index is 11.3. The first-order valence-electron chi connectivity index (χ1n) is 4.60. The van der Waals surface area contributed by atoms with Crippen molar-refractivity contribution in [1.29, 1.82) is 0 Å². The Morgan fingerprint density at radius 2 is 2.07 bits per heavy atom. The third-order valence-corrected chi connectivity index (χ3v) is 2.73. The first kappa shape index (κ1) is 14.3. The molecule has 0 bridgehead atoms. The van der Waals surface area contributed by atoms with Gasteiger partial charge in [-0.05, 0) is 6.42 Å². The van der Waals surface area contributed by atoms with Crippen molar-refractivity contribution in [3.8, 4) is 0 Å². The monoisotopic (exact) mass is 238 g/mol. The highest BCUT2D eigenvalue weighted by Gasteiger charge is 2.09. The van der Waals surface area contributed by atoms with Crippen molar-refractivity contribution in [2.24, 2.45) is 5.14 Å². The zero-order chi connectivity index (χ0) is 11.9. The van der Waals surface area contributed by atoms with Crippen LogP contribution in [0.4, 0.5) is 0 Å². The second kappa shape index (κ2) is 6.76. The molecule has 7 heteroatoms. The van der Waals surface area contributed by atoms with Crippen LogP contribution in [0, 0.1) is 0 Å². The Kier molecular flexibility index (Phi) is 6.46. The number of carbonyl (C=O) groups excluding carboxylic acids is 1. The van der Waals surface area contributed by atoms with E-state index in [0.717, 1.165) is 0 Å². The van der Waals surface area contributed by atoms with E-state index >= 15 is 0 Å². The molecule has 0 radical (unpaired) electrons. The largest absolute Gasteiger partial charge is 0.384 e. The smallest absolute Gasteiger partial charge is 0.224 e. The van der Waals surface area contributed by atoms with Gasteiger partial charge < -0.3 is 9.64 Å². The number of ether oxygens (including phenoxy) is 1. The summed E-state index contributed by atoms with van der Waals surface area (Å²) in [5, 5.41) is 4.83. The third-order valence-electron chi connectivity index (χ3n) is 1.87. The summed E-state index contributed by atoms with van der Waals surface area (Å²) < 4.78 is 26.0. The van der Waals surface area contributed by atoms with Crippen molar-refractivity contribution in [3.63, 3.8) is 0 Å². The summed E-state index contributed by atoms with van der Waals surface area (Å²) in [6.07, 6.45) is 0.663. The maximum absolute atomic E-state index is 11.3. The van der Waals surface area contributed by atoms with Gasteiger partial charge in [-0.1, -0.05) is 0 Å². The number of sulfonamides is 1. The molecule has 0 spiro atoms. The molecule has 2 N–H and O–H groups in total. The van der Waals surface area contributed by atoms with Gasteiger partial charge in [0.25, 0.3) is 0 Å². The topological polar surface area (TPSA) is 89.7 Å². The van der Waals surface area contributed by atoms with Crippen molar-refractivity contribution >= 4 is 15.9 Å². The Morgan fingerprint density at radius 3 is 2.53 bits per heavy atom. The molecule has 6 nitrogen and oxygen atoms in total. The molecule has 0 unspecified atom stereocenters. The third kappa shape index (κ3) is 8.34. The van der Waals surface area contributed by atoms with Gasteiger partial charge in [0.15, 0.2) is 0 Å². The van der Waals surface area contributed by atoms with E-state index in [1.54, 1.807) is 7.05 Å². The fourth-order valence-corrected chi connectivity index (χ4v) is 1.54. The van der Waals surface area contributed by atoms with Gasteiger partial charge in [0.05, 0.1) is 18.8 Å². The van der Waals surface area contributed by atoms with Crippen molar-refractivity contribution in [2.45, 2.75) is 12.8 Å². The molecule has 15 heavy (non-hydrogen) atoms. The van der Waals surface area contributed by atoms with Crippen LogP contribution >= 0.6 is 0 Å². The molecule has 0 aliphatic rings. The summed E-state index contributed by atoms with van der Waals surface area (Å²) in [7, 11) is -0.277. The first-order chi connectivity index (χ1) is 6.87. The van der Waals surface area contributed by atoms with Gasteiger partial charge in [-0.15, -0.1) is 0 Å². The zero-order valence-corrected chi connectivity index (χ0v) is 9.92. The fraction of sp³-hybridized carbons (Fsp3) is 0.875. The van der Waals surface area contributed by atoms with Crippen LogP contribution in [0.5, 0.6) is 0 Å². The second-order valence-electron chi connectivity index (χ2n) is 3.28. The Balaban J connectivity index is 3.74. The minimum atomic E-state index is -3.43. The highest BCUT2D eigenvalue weighted by atomic mass is 32.2. The normalized spacial score (nSPS) is 11.4. The Morgan fingerprint density at radius 1 is 1.47 bits per heavy atom. The van der Waals surface area contributed by atoms with E-state index in [-0.39, 0.29) is 11.7 Å². The lowest BCUT2D eigenvalue weighted by Gasteiger charge is -2.16. The average Bonchev–Trinajstić information content (AvgIpc) is 2.11. The van der Waals surface area contributed by atoms with Gasteiger partial charge in [-0.25, -0.2) is 13.6 Å². The molecule has 0 saturated heterocycles. The van der Waals surface area contributed by atoms with Gasteiger partial charge in [-0.3, -0.25) is 4.79 Å². The molecule has 0 rings (SSSR count). The van der Waals surface area contributed by atoms with Crippen molar-refractivity contribution < 1.29 is 17.9 Å². The molecule has 0 aromatic heterocycles. The summed E-state index contributed by atoms with van der Waals surface area (Å²) >= 11 is 0. The van der Waals surface area contributed by atoms with Crippen molar-refractivity contribution in [2.75, 3.05) is 33.1 Å². The number of nitrogens with two attached hydrogens (primary N) is 1. The van der Waals surface area contributed by atoms with E-state index in [1.165, 1.54) is 12.0 Å². The molecule has 0 heterocycles. The van der Waals surface area contributed by atoms with Crippen molar-refractivity contribution in [3.05, 3.63) is 0 Å². The highest BCUT2D eigenvalue weighted by molar-refractivity contribution is 7.89. The van der Waals surface area contributed by atoms with E-state index < -0.39 is 10.0 Å². The lowest BCUT2D eigenvalue weighted by Crippen LogP contribution is -2.30. The molecular weight excluding hydrogens is 220 g/mol. The number of nitrogens with zero attached hydrogens (tertiary/aromatic N) is 1. The van der Waals surface area contributed by atoms with Crippen LogP contribution in [0.25, 0.3) is 0 Å². The number of methoxy groups -OCH3 is 1. The van der Waals surface area contributed by atoms with Gasteiger partial charge in [0, 0.05) is 20.7 Å². The van der Waals surface area contributed by atoms with E-state index in [2.05, 4.69) is 0 Å². The molecule has 0 fully saturated rings. The predicted molar refractivity (Wildman–Crippen MR) is 56.7 cm³/mol. The molecule has 90 valence electrons. The summed E-state index contributed by atoms with van der Waals surface area (Å²) in [6, 6.07) is 0. The van der Waals surface area contributed by atoms with E-state index in [9.17, 15) is 13.2 Å². The van der Waals surface area contributed by atoms with E-state index in [1.807, 2.05) is 0 Å². The molecule has 0 aliphatic carbocycles. The van der Waals surface area contributed by atoms with E-state index in [0.29, 0.717) is 26.0 Å². The maximum Gasteiger partial charge on any atom is 0.224 e. The van der Waals surface area contributed by atoms with E-state index in [4.69, 9.17) is 9.88 Å². The number of carbonyl (C=O) groups is 1. The Bertz CT molecular complexity index is 289. The van der Waals surface area contributed by atoms with Crippen LogP contribution in [0.3, 0.4) is 0 Å². The quantitative estimate of drug-likeness (QED) is 0.626. The average molecular weight is 238 g/mol. The molecule has 0 aliphatic heterocycles. The molecular formula is C8H18N2O4S. The first-order valence-corrected chi connectivity index (χ1v) is 6.31. The van der Waals surface area contributed by atoms with Crippen LogP contribution in [0.1, 0.15) is 12.8 Å². The summed E-state index contributed by atoms with van der Waals surface area (Å²) in [5.41, 5.74) is 0. The van der Waals surface area contributed by atoms with Gasteiger partial charge in [0.1, 0.15) is 0 Å². The molecule has 0 aromatic rings. The SMILES string of the molecule is COCCC(=O)N(C)CCCS(N)(=O)=O. The van der Waals surface area contributed by atoms with Crippen LogP contribution in [-0.2, 0) is 19.6 Å². The van der Waals surface area contributed by atoms with Crippen LogP contribution in [0.15, 0.2) is 0 Å².